The van der Waals surface area contributed by atoms with E-state index >= 15 is 0 Å². The van der Waals surface area contributed by atoms with Crippen molar-refractivity contribution in [3.05, 3.63) is 33.0 Å². The van der Waals surface area contributed by atoms with Crippen LogP contribution in [-0.4, -0.2) is 10.7 Å². The highest BCUT2D eigenvalue weighted by Crippen LogP contribution is 2.27. The second kappa shape index (κ2) is 4.52. The molecule has 1 nitrogen and oxygen atoms in total. The summed E-state index contributed by atoms with van der Waals surface area (Å²) in [6.07, 6.45) is 0. The molecule has 0 aromatic heterocycles. The van der Waals surface area contributed by atoms with E-state index in [0.29, 0.717) is 4.47 Å². The molecule has 4 heteroatoms. The van der Waals surface area contributed by atoms with Gasteiger partial charge in [-0.3, -0.25) is 0 Å². The zero-order valence-electron chi connectivity index (χ0n) is 8.24. The highest BCUT2D eigenvalue weighted by molar-refractivity contribution is 9.10. The van der Waals surface area contributed by atoms with Crippen LogP contribution in [0, 0.1) is 17.7 Å². The van der Waals surface area contributed by atoms with Crippen LogP contribution in [0.25, 0.3) is 0 Å². The maximum absolute atomic E-state index is 13.5. The lowest BCUT2D eigenvalue weighted by Gasteiger charge is -2.06. The molecule has 80 valence electrons. The van der Waals surface area contributed by atoms with Crippen molar-refractivity contribution >= 4 is 27.5 Å². The Morgan fingerprint density at radius 3 is 2.60 bits per heavy atom. The Bertz CT molecular complexity index is 440. The largest absolute Gasteiger partial charge is 0.378 e. The predicted molar refractivity (Wildman–Crippen MR) is 62.3 cm³/mol. The molecule has 0 aliphatic rings. The van der Waals surface area contributed by atoms with Crippen LogP contribution < -0.4 is 0 Å². The van der Waals surface area contributed by atoms with Gasteiger partial charge in [0.05, 0.1) is 10.6 Å². The van der Waals surface area contributed by atoms with Gasteiger partial charge < -0.3 is 5.11 Å². The van der Waals surface area contributed by atoms with Gasteiger partial charge in [0, 0.05) is 4.47 Å². The van der Waals surface area contributed by atoms with Crippen LogP contribution in [0.2, 0.25) is 5.02 Å². The SMILES string of the molecule is CC(C)(O)C#Cc1ccc(Br)c(Cl)c1F. The first kappa shape index (κ1) is 12.5. The van der Waals surface area contributed by atoms with Crippen molar-refractivity contribution in [1.29, 1.82) is 0 Å². The van der Waals surface area contributed by atoms with Crippen LogP contribution in [0.4, 0.5) is 4.39 Å². The average molecular weight is 292 g/mol. The molecule has 0 heterocycles. The molecule has 1 aromatic carbocycles. The standard InChI is InChI=1S/C11H9BrClFO/c1-11(2,15)6-5-7-3-4-8(12)9(13)10(7)14/h3-4,15H,1-2H3. The van der Waals surface area contributed by atoms with Crippen molar-refractivity contribution in [3.8, 4) is 11.8 Å². The Hall–Kier alpha value is -0.560. The van der Waals surface area contributed by atoms with Gasteiger partial charge in [-0.15, -0.1) is 0 Å². The first-order valence-corrected chi connectivity index (χ1v) is 5.37. The van der Waals surface area contributed by atoms with E-state index in [-0.39, 0.29) is 10.6 Å². The predicted octanol–water partition coefficient (Wildman–Crippen LogP) is 3.36. The Labute approximate surface area is 101 Å². The molecule has 1 rings (SSSR count). The second-order valence-electron chi connectivity index (χ2n) is 3.53. The first-order chi connectivity index (χ1) is 6.81. The minimum atomic E-state index is -1.15. The van der Waals surface area contributed by atoms with Crippen molar-refractivity contribution in [1.82, 2.24) is 0 Å². The van der Waals surface area contributed by atoms with E-state index in [9.17, 15) is 9.50 Å². The van der Waals surface area contributed by atoms with Crippen molar-refractivity contribution < 1.29 is 9.50 Å². The fourth-order valence-corrected chi connectivity index (χ4v) is 1.31. The Morgan fingerprint density at radius 1 is 1.47 bits per heavy atom. The molecule has 0 amide bonds. The van der Waals surface area contributed by atoms with Gasteiger partial charge in [0.1, 0.15) is 5.60 Å². The zero-order valence-corrected chi connectivity index (χ0v) is 10.6. The summed E-state index contributed by atoms with van der Waals surface area (Å²) < 4.78 is 14.0. The summed E-state index contributed by atoms with van der Waals surface area (Å²) in [6, 6.07) is 3.11. The minimum absolute atomic E-state index is 0.00227. The molecule has 0 fully saturated rings. The van der Waals surface area contributed by atoms with E-state index in [0.717, 1.165) is 0 Å². The van der Waals surface area contributed by atoms with Crippen molar-refractivity contribution in [2.75, 3.05) is 0 Å². The lowest BCUT2D eigenvalue weighted by molar-refractivity contribution is 0.143. The molecule has 0 radical (unpaired) electrons. The van der Waals surface area contributed by atoms with Gasteiger partial charge in [-0.1, -0.05) is 23.4 Å². The first-order valence-electron chi connectivity index (χ1n) is 4.20. The third-order valence-corrected chi connectivity index (χ3v) is 2.80. The fourth-order valence-electron chi connectivity index (χ4n) is 0.843. The van der Waals surface area contributed by atoms with Gasteiger partial charge >= 0.3 is 0 Å². The molecule has 1 N–H and O–H groups in total. The molecule has 0 spiro atoms. The smallest absolute Gasteiger partial charge is 0.158 e. The maximum Gasteiger partial charge on any atom is 0.158 e. The fraction of sp³-hybridized carbons (Fsp3) is 0.273. The van der Waals surface area contributed by atoms with Crippen molar-refractivity contribution in [3.63, 3.8) is 0 Å². The van der Waals surface area contributed by atoms with Crippen LogP contribution >= 0.6 is 27.5 Å². The number of halogens is 3. The highest BCUT2D eigenvalue weighted by Gasteiger charge is 2.10. The molecule has 1 aromatic rings. The second-order valence-corrected chi connectivity index (χ2v) is 4.76. The van der Waals surface area contributed by atoms with Gasteiger partial charge in [-0.2, -0.15) is 0 Å². The number of aliphatic hydroxyl groups is 1. The Kier molecular flexibility index (Phi) is 3.77. The lowest BCUT2D eigenvalue weighted by atomic mass is 10.1. The van der Waals surface area contributed by atoms with Gasteiger partial charge in [0.25, 0.3) is 0 Å². The van der Waals surface area contributed by atoms with Crippen LogP contribution in [0.5, 0.6) is 0 Å². The Balaban J connectivity index is 3.17. The molecule has 0 saturated heterocycles. The summed E-state index contributed by atoms with van der Waals surface area (Å²) in [7, 11) is 0. The van der Waals surface area contributed by atoms with E-state index in [1.165, 1.54) is 19.9 Å². The maximum atomic E-state index is 13.5. The molecule has 0 unspecified atom stereocenters. The van der Waals surface area contributed by atoms with Gasteiger partial charge in [-0.25, -0.2) is 4.39 Å². The van der Waals surface area contributed by atoms with E-state index in [1.807, 2.05) is 0 Å². The normalized spacial score (nSPS) is 10.8. The molecule has 0 aliphatic heterocycles. The number of hydrogen-bond acceptors (Lipinski definition) is 1. The van der Waals surface area contributed by atoms with Crippen molar-refractivity contribution in [2.24, 2.45) is 0 Å². The van der Waals surface area contributed by atoms with Crippen LogP contribution in [0.3, 0.4) is 0 Å². The zero-order chi connectivity index (χ0) is 11.6. The topological polar surface area (TPSA) is 20.2 Å². The molecule has 15 heavy (non-hydrogen) atoms. The third kappa shape index (κ3) is 3.49. The summed E-state index contributed by atoms with van der Waals surface area (Å²) in [6.45, 7) is 3.05. The molecule has 0 atom stereocenters. The summed E-state index contributed by atoms with van der Waals surface area (Å²) in [5.41, 5.74) is -0.975. The molecular weight excluding hydrogens is 282 g/mol. The summed E-state index contributed by atoms with van der Waals surface area (Å²) >= 11 is 8.78. The minimum Gasteiger partial charge on any atom is -0.378 e. The lowest BCUT2D eigenvalue weighted by Crippen LogP contribution is -2.14. The van der Waals surface area contributed by atoms with Crippen LogP contribution in [0.1, 0.15) is 19.4 Å². The molecule has 0 aliphatic carbocycles. The van der Waals surface area contributed by atoms with E-state index in [2.05, 4.69) is 27.8 Å². The van der Waals surface area contributed by atoms with Gasteiger partial charge in [0.15, 0.2) is 5.82 Å². The summed E-state index contributed by atoms with van der Waals surface area (Å²) in [4.78, 5) is 0. The Morgan fingerprint density at radius 2 is 2.07 bits per heavy atom. The van der Waals surface area contributed by atoms with Gasteiger partial charge in [-0.05, 0) is 41.9 Å². The summed E-state index contributed by atoms with van der Waals surface area (Å²) in [5, 5.41) is 9.35. The highest BCUT2D eigenvalue weighted by atomic mass is 79.9. The van der Waals surface area contributed by atoms with Crippen LogP contribution in [-0.2, 0) is 0 Å². The summed E-state index contributed by atoms with van der Waals surface area (Å²) in [5.74, 6) is 4.48. The van der Waals surface area contributed by atoms with E-state index < -0.39 is 11.4 Å². The van der Waals surface area contributed by atoms with Crippen molar-refractivity contribution in [2.45, 2.75) is 19.4 Å². The quantitative estimate of drug-likeness (QED) is 0.574. The van der Waals surface area contributed by atoms with E-state index in [1.54, 1.807) is 6.07 Å². The monoisotopic (exact) mass is 290 g/mol. The van der Waals surface area contributed by atoms with E-state index in [4.69, 9.17) is 11.6 Å². The van der Waals surface area contributed by atoms with Gasteiger partial charge in [0.2, 0.25) is 0 Å². The average Bonchev–Trinajstić information content (AvgIpc) is 2.12. The molecule has 0 bridgehead atoms. The number of rotatable bonds is 0. The van der Waals surface area contributed by atoms with Crippen LogP contribution in [0.15, 0.2) is 16.6 Å². The number of benzene rings is 1. The molecular formula is C11H9BrClFO. The number of hydrogen-bond donors (Lipinski definition) is 1. The molecule has 0 saturated carbocycles. The third-order valence-electron chi connectivity index (χ3n) is 1.54.